The molecule has 0 aromatic heterocycles. The van der Waals surface area contributed by atoms with Gasteiger partial charge in [-0.05, 0) is 13.3 Å². The first-order chi connectivity index (χ1) is 7.24. The Bertz CT molecular complexity index is 420. The molecule has 1 aromatic rings. The highest BCUT2D eigenvalue weighted by atomic mass is 16.1. The second-order valence-electron chi connectivity index (χ2n) is 3.94. The number of carbonyl (C=O) groups excluding carboxylic acids is 1. The second-order valence-corrected chi connectivity index (χ2v) is 3.94. The van der Waals surface area contributed by atoms with Crippen molar-refractivity contribution >= 4 is 11.5 Å². The predicted octanol–water partition coefficient (Wildman–Crippen LogP) is 2.72. The Morgan fingerprint density at radius 2 is 2.00 bits per heavy atom. The molecular formula is C13H15NO. The molecule has 0 saturated carbocycles. The summed E-state index contributed by atoms with van der Waals surface area (Å²) in [5.41, 5.74) is 2.95. The van der Waals surface area contributed by atoms with E-state index in [-0.39, 0.29) is 11.7 Å². The van der Waals surface area contributed by atoms with E-state index in [0.29, 0.717) is 0 Å². The van der Waals surface area contributed by atoms with Crippen LogP contribution in [0.1, 0.15) is 36.2 Å². The van der Waals surface area contributed by atoms with Gasteiger partial charge < -0.3 is 0 Å². The fourth-order valence-corrected chi connectivity index (χ4v) is 2.05. The third kappa shape index (κ3) is 1.72. The van der Waals surface area contributed by atoms with Crippen LogP contribution < -0.4 is 0 Å². The van der Waals surface area contributed by atoms with Gasteiger partial charge in [0.1, 0.15) is 0 Å². The molecule has 1 aliphatic rings. The van der Waals surface area contributed by atoms with E-state index >= 15 is 0 Å². The Morgan fingerprint density at radius 3 is 2.67 bits per heavy atom. The van der Waals surface area contributed by atoms with Gasteiger partial charge in [-0.3, -0.25) is 9.79 Å². The Hall–Kier alpha value is -1.44. The quantitative estimate of drug-likeness (QED) is 0.687. The van der Waals surface area contributed by atoms with Gasteiger partial charge in [0.05, 0.1) is 0 Å². The number of hydrogen-bond acceptors (Lipinski definition) is 2. The maximum atomic E-state index is 11.9. The summed E-state index contributed by atoms with van der Waals surface area (Å²) < 4.78 is 0. The summed E-state index contributed by atoms with van der Waals surface area (Å²) in [6.07, 6.45) is 0.781. The van der Waals surface area contributed by atoms with Crippen LogP contribution >= 0.6 is 0 Å². The first-order valence-corrected chi connectivity index (χ1v) is 5.41. The Balaban J connectivity index is 2.55. The molecule has 0 heterocycles. The molecule has 1 atom stereocenters. The second kappa shape index (κ2) is 3.97. The van der Waals surface area contributed by atoms with Crippen LogP contribution in [-0.2, 0) is 0 Å². The van der Waals surface area contributed by atoms with Crippen LogP contribution in [0, 0.1) is 5.92 Å². The molecule has 1 aromatic carbocycles. The summed E-state index contributed by atoms with van der Waals surface area (Å²) in [4.78, 5) is 16.4. The molecule has 0 aliphatic heterocycles. The summed E-state index contributed by atoms with van der Waals surface area (Å²) in [5.74, 6) is 0.325. The molecule has 15 heavy (non-hydrogen) atoms. The Morgan fingerprint density at radius 1 is 1.33 bits per heavy atom. The fraction of sp³-hybridized carbons (Fsp3) is 0.385. The largest absolute Gasteiger partial charge is 0.294 e. The Kier molecular flexibility index (Phi) is 2.67. The van der Waals surface area contributed by atoms with Gasteiger partial charge in [-0.15, -0.1) is 0 Å². The summed E-state index contributed by atoms with van der Waals surface area (Å²) in [7, 11) is 0. The zero-order chi connectivity index (χ0) is 10.8. The van der Waals surface area contributed by atoms with E-state index in [1.165, 1.54) is 0 Å². The predicted molar refractivity (Wildman–Crippen MR) is 61.6 cm³/mol. The number of Topliss-reactive ketones (excluding diaryl/α,β-unsaturated/α-hetero) is 1. The average Bonchev–Trinajstić information content (AvgIpc) is 2.26. The van der Waals surface area contributed by atoms with Gasteiger partial charge in [-0.1, -0.05) is 31.2 Å². The highest BCUT2D eigenvalue weighted by Gasteiger charge is 2.27. The van der Waals surface area contributed by atoms with Crippen LogP contribution in [-0.4, -0.2) is 18.0 Å². The number of hydrogen-bond donors (Lipinski definition) is 0. The molecule has 2 heteroatoms. The number of fused-ring (bicyclic) bond motifs is 1. The van der Waals surface area contributed by atoms with E-state index in [4.69, 9.17) is 0 Å². The SMILES string of the molecule is CC/N=C1\CC(C)C(=O)c2ccccc21. The Labute approximate surface area is 90.0 Å². The lowest BCUT2D eigenvalue weighted by molar-refractivity contribution is 0.0929. The third-order valence-electron chi connectivity index (χ3n) is 2.80. The highest BCUT2D eigenvalue weighted by molar-refractivity contribution is 6.16. The van der Waals surface area contributed by atoms with Gasteiger partial charge >= 0.3 is 0 Å². The minimum Gasteiger partial charge on any atom is -0.294 e. The zero-order valence-corrected chi connectivity index (χ0v) is 9.16. The molecule has 0 saturated heterocycles. The smallest absolute Gasteiger partial charge is 0.166 e. The molecular weight excluding hydrogens is 186 g/mol. The summed E-state index contributed by atoms with van der Waals surface area (Å²) in [6.45, 7) is 4.78. The van der Waals surface area contributed by atoms with Gasteiger partial charge in [-0.2, -0.15) is 0 Å². The van der Waals surface area contributed by atoms with Crippen molar-refractivity contribution in [2.45, 2.75) is 20.3 Å². The van der Waals surface area contributed by atoms with Gasteiger partial charge in [-0.25, -0.2) is 0 Å². The van der Waals surface area contributed by atoms with Crippen molar-refractivity contribution in [3.05, 3.63) is 35.4 Å². The van der Waals surface area contributed by atoms with Crippen molar-refractivity contribution in [3.8, 4) is 0 Å². The van der Waals surface area contributed by atoms with Crippen LogP contribution in [0.2, 0.25) is 0 Å². The molecule has 0 amide bonds. The van der Waals surface area contributed by atoms with Crippen molar-refractivity contribution in [2.24, 2.45) is 10.9 Å². The molecule has 1 unspecified atom stereocenters. The molecule has 0 fully saturated rings. The van der Waals surface area contributed by atoms with E-state index in [1.807, 2.05) is 38.1 Å². The molecule has 78 valence electrons. The number of rotatable bonds is 1. The fourth-order valence-electron chi connectivity index (χ4n) is 2.05. The minimum absolute atomic E-state index is 0.0743. The lowest BCUT2D eigenvalue weighted by Crippen LogP contribution is -2.25. The summed E-state index contributed by atoms with van der Waals surface area (Å²) in [5, 5.41) is 0. The monoisotopic (exact) mass is 201 g/mol. The maximum absolute atomic E-state index is 11.9. The van der Waals surface area contributed by atoms with E-state index in [9.17, 15) is 4.79 Å². The number of ketones is 1. The van der Waals surface area contributed by atoms with E-state index < -0.39 is 0 Å². The van der Waals surface area contributed by atoms with E-state index in [1.54, 1.807) is 0 Å². The van der Waals surface area contributed by atoms with Crippen LogP contribution in [0.5, 0.6) is 0 Å². The molecule has 0 bridgehead atoms. The van der Waals surface area contributed by atoms with E-state index in [2.05, 4.69) is 4.99 Å². The van der Waals surface area contributed by atoms with Crippen LogP contribution in [0.25, 0.3) is 0 Å². The van der Waals surface area contributed by atoms with Crippen LogP contribution in [0.4, 0.5) is 0 Å². The van der Waals surface area contributed by atoms with Crippen molar-refractivity contribution in [3.63, 3.8) is 0 Å². The van der Waals surface area contributed by atoms with E-state index in [0.717, 1.165) is 29.8 Å². The minimum atomic E-state index is 0.0743. The van der Waals surface area contributed by atoms with Crippen LogP contribution in [0.15, 0.2) is 29.3 Å². The van der Waals surface area contributed by atoms with Crippen LogP contribution in [0.3, 0.4) is 0 Å². The third-order valence-corrected chi connectivity index (χ3v) is 2.80. The molecule has 2 nitrogen and oxygen atoms in total. The van der Waals surface area contributed by atoms with Crippen molar-refractivity contribution in [1.82, 2.24) is 0 Å². The topological polar surface area (TPSA) is 29.4 Å². The zero-order valence-electron chi connectivity index (χ0n) is 9.16. The lowest BCUT2D eigenvalue weighted by Gasteiger charge is -2.21. The van der Waals surface area contributed by atoms with Crippen molar-refractivity contribution in [2.75, 3.05) is 6.54 Å². The van der Waals surface area contributed by atoms with Crippen molar-refractivity contribution < 1.29 is 4.79 Å². The van der Waals surface area contributed by atoms with Gasteiger partial charge in [0.25, 0.3) is 0 Å². The number of benzene rings is 1. The summed E-state index contributed by atoms with van der Waals surface area (Å²) in [6, 6.07) is 7.78. The standard InChI is InChI=1S/C13H15NO/c1-3-14-12-8-9(2)13(15)11-7-5-4-6-10(11)12/h4-7,9H,3,8H2,1-2H3/b14-12+. The molecule has 0 radical (unpaired) electrons. The molecule has 1 aliphatic carbocycles. The number of aliphatic imine (C=N–C) groups is 1. The molecule has 0 spiro atoms. The maximum Gasteiger partial charge on any atom is 0.166 e. The first-order valence-electron chi connectivity index (χ1n) is 5.41. The van der Waals surface area contributed by atoms with Gasteiger partial charge in [0.15, 0.2) is 5.78 Å². The highest BCUT2D eigenvalue weighted by Crippen LogP contribution is 2.25. The first kappa shape index (κ1) is 10.1. The van der Waals surface area contributed by atoms with Gasteiger partial charge in [0.2, 0.25) is 0 Å². The molecule has 0 N–H and O–H groups in total. The van der Waals surface area contributed by atoms with Gasteiger partial charge in [0, 0.05) is 29.3 Å². The lowest BCUT2D eigenvalue weighted by atomic mass is 9.82. The average molecular weight is 201 g/mol. The normalized spacial score (nSPS) is 22.9. The molecule has 2 rings (SSSR count). The number of carbonyl (C=O) groups is 1. The summed E-state index contributed by atoms with van der Waals surface area (Å²) >= 11 is 0. The van der Waals surface area contributed by atoms with Crippen molar-refractivity contribution in [1.29, 1.82) is 0 Å². The number of nitrogens with zero attached hydrogens (tertiary/aromatic N) is 1.